The number of hydrogen-bond acceptors (Lipinski definition) is 11. The summed E-state index contributed by atoms with van der Waals surface area (Å²) in [6.07, 6.45) is 19.9. The van der Waals surface area contributed by atoms with Gasteiger partial charge in [-0.15, -0.1) is 0 Å². The summed E-state index contributed by atoms with van der Waals surface area (Å²) in [6.45, 7) is 24.8. The SMILES string of the molecule is CC[C@H](C=C[C@@H](C)[C@H]1CC[C@H]2[C@@H]3CC=C4CC(OCCOCCOCCOCCOCCOCCOCCOCCOCCOCCO)CC[C@]4(C)[C@H]3CC[C@]12C)C(C)C. The normalized spacial score (nSPS) is 28.8. The van der Waals surface area contributed by atoms with Crippen molar-refractivity contribution in [2.45, 2.75) is 105 Å². The van der Waals surface area contributed by atoms with E-state index in [0.29, 0.717) is 154 Å². The predicted octanol–water partition coefficient (Wildman–Crippen LogP) is 7.97. The van der Waals surface area contributed by atoms with E-state index in [-0.39, 0.29) is 6.61 Å². The van der Waals surface area contributed by atoms with Gasteiger partial charge in [-0.2, -0.15) is 0 Å². The van der Waals surface area contributed by atoms with Crippen LogP contribution in [0.4, 0.5) is 0 Å². The van der Waals surface area contributed by atoms with Crippen LogP contribution in [-0.4, -0.2) is 143 Å². The van der Waals surface area contributed by atoms with E-state index in [0.717, 1.165) is 42.4 Å². The van der Waals surface area contributed by atoms with Gasteiger partial charge in [0.1, 0.15) is 0 Å². The molecule has 0 aromatic heterocycles. The number of allylic oxidation sites excluding steroid dienone is 3. The fraction of sp³-hybridized carbons (Fsp3) is 0.918. The Labute approximate surface area is 365 Å². The maximum absolute atomic E-state index is 8.62. The Hall–Kier alpha value is -0.960. The van der Waals surface area contributed by atoms with Gasteiger partial charge < -0.3 is 52.5 Å². The molecule has 9 atom stereocenters. The average Bonchev–Trinajstić information content (AvgIpc) is 3.60. The fourth-order valence-electron chi connectivity index (χ4n) is 11.2. The number of ether oxygens (including phenoxy) is 10. The molecule has 4 rings (SSSR count). The zero-order valence-corrected chi connectivity index (χ0v) is 38.9. The lowest BCUT2D eigenvalue weighted by atomic mass is 9.47. The van der Waals surface area contributed by atoms with Crippen LogP contribution in [-0.2, 0) is 47.4 Å². The minimum Gasteiger partial charge on any atom is -0.394 e. The van der Waals surface area contributed by atoms with Crippen molar-refractivity contribution in [2.75, 3.05) is 132 Å². The second-order valence-corrected chi connectivity index (χ2v) is 18.5. The second kappa shape index (κ2) is 29.5. The predicted molar refractivity (Wildman–Crippen MR) is 236 cm³/mol. The van der Waals surface area contributed by atoms with Crippen molar-refractivity contribution >= 4 is 0 Å². The highest BCUT2D eigenvalue weighted by molar-refractivity contribution is 5.25. The van der Waals surface area contributed by atoms with Gasteiger partial charge in [0.15, 0.2) is 0 Å². The van der Waals surface area contributed by atoms with Gasteiger partial charge in [-0.25, -0.2) is 0 Å². The number of hydrogen-bond donors (Lipinski definition) is 1. The van der Waals surface area contributed by atoms with E-state index < -0.39 is 0 Å². The monoisotopic (exact) mass is 853 g/mol. The first-order valence-electron chi connectivity index (χ1n) is 24.0. The Bertz CT molecular complexity index is 1170. The summed E-state index contributed by atoms with van der Waals surface area (Å²) < 4.78 is 56.0. The molecule has 3 saturated carbocycles. The number of aliphatic hydroxyl groups excluding tert-OH is 1. The van der Waals surface area contributed by atoms with Crippen LogP contribution in [0.5, 0.6) is 0 Å². The maximum atomic E-state index is 8.62. The zero-order valence-electron chi connectivity index (χ0n) is 38.9. The van der Waals surface area contributed by atoms with E-state index in [9.17, 15) is 0 Å². The third-order valence-corrected chi connectivity index (χ3v) is 14.5. The van der Waals surface area contributed by atoms with Gasteiger partial charge in [-0.3, -0.25) is 0 Å². The van der Waals surface area contributed by atoms with E-state index in [4.69, 9.17) is 52.5 Å². The number of rotatable bonds is 35. The zero-order chi connectivity index (χ0) is 42.9. The summed E-state index contributed by atoms with van der Waals surface area (Å²) in [7, 11) is 0. The summed E-state index contributed by atoms with van der Waals surface area (Å²) in [5, 5.41) is 8.62. The summed E-state index contributed by atoms with van der Waals surface area (Å²) in [4.78, 5) is 0. The summed E-state index contributed by atoms with van der Waals surface area (Å²) in [5.41, 5.74) is 2.54. The van der Waals surface area contributed by atoms with Crippen LogP contribution in [0.15, 0.2) is 23.8 Å². The maximum Gasteiger partial charge on any atom is 0.0704 e. The third-order valence-electron chi connectivity index (χ3n) is 14.5. The molecule has 1 N–H and O–H groups in total. The van der Waals surface area contributed by atoms with Gasteiger partial charge in [0.2, 0.25) is 0 Å². The molecule has 0 aromatic rings. The van der Waals surface area contributed by atoms with Crippen LogP contribution in [0.3, 0.4) is 0 Å². The van der Waals surface area contributed by atoms with E-state index in [1.54, 1.807) is 5.57 Å². The molecule has 0 aliphatic heterocycles. The highest BCUT2D eigenvalue weighted by Crippen LogP contribution is 2.67. The van der Waals surface area contributed by atoms with Crippen molar-refractivity contribution in [3.63, 3.8) is 0 Å². The van der Waals surface area contributed by atoms with E-state index in [1.807, 2.05) is 0 Å². The first-order valence-corrected chi connectivity index (χ1v) is 24.0. The Kier molecular flexibility index (Phi) is 25.4. The summed E-state index contributed by atoms with van der Waals surface area (Å²) in [5.74, 6) is 5.51. The smallest absolute Gasteiger partial charge is 0.0704 e. The Morgan fingerprint density at radius 2 is 1.08 bits per heavy atom. The lowest BCUT2D eigenvalue weighted by Crippen LogP contribution is -2.51. The fourth-order valence-corrected chi connectivity index (χ4v) is 11.2. The first kappa shape index (κ1) is 51.7. The molecule has 0 heterocycles. The largest absolute Gasteiger partial charge is 0.394 e. The Morgan fingerprint density at radius 1 is 0.600 bits per heavy atom. The number of fused-ring (bicyclic) bond motifs is 5. The van der Waals surface area contributed by atoms with E-state index in [2.05, 4.69) is 59.8 Å². The van der Waals surface area contributed by atoms with Crippen molar-refractivity contribution in [2.24, 2.45) is 52.3 Å². The molecule has 0 saturated heterocycles. The highest BCUT2D eigenvalue weighted by atomic mass is 16.6. The molecule has 0 amide bonds. The van der Waals surface area contributed by atoms with Crippen LogP contribution < -0.4 is 0 Å². The highest BCUT2D eigenvalue weighted by Gasteiger charge is 2.59. The molecule has 4 aliphatic carbocycles. The Morgan fingerprint density at radius 3 is 1.55 bits per heavy atom. The summed E-state index contributed by atoms with van der Waals surface area (Å²) >= 11 is 0. The standard InChI is InChI=1S/C49H88O11/c1-7-41(39(2)3)9-8-40(4)45-12-13-46-44-11-10-42-38-43(14-16-48(42,5)47(44)15-17-49(45,46)6)60-37-36-59-35-34-58-33-32-57-31-30-56-29-28-55-27-26-54-25-24-53-23-22-52-21-20-51-19-18-50/h8-10,39-41,43-47,50H,7,11-38H2,1-6H3/t40-,41-,43?,44+,45-,46+,47+,48+,49-/m1/s1. The van der Waals surface area contributed by atoms with Gasteiger partial charge in [0, 0.05) is 0 Å². The van der Waals surface area contributed by atoms with E-state index in [1.165, 1.54) is 44.9 Å². The molecule has 3 fully saturated rings. The topological polar surface area (TPSA) is 113 Å². The van der Waals surface area contributed by atoms with Gasteiger partial charge in [0.25, 0.3) is 0 Å². The molecule has 4 aliphatic rings. The molecule has 11 heteroatoms. The molecule has 0 bridgehead atoms. The van der Waals surface area contributed by atoms with Crippen molar-refractivity contribution < 1.29 is 52.5 Å². The molecule has 350 valence electrons. The van der Waals surface area contributed by atoms with Crippen LogP contribution in [0.1, 0.15) is 99.3 Å². The van der Waals surface area contributed by atoms with E-state index >= 15 is 0 Å². The molecule has 0 radical (unpaired) electrons. The average molecular weight is 853 g/mol. The lowest BCUT2D eigenvalue weighted by molar-refractivity contribution is -0.0673. The van der Waals surface area contributed by atoms with Crippen LogP contribution >= 0.6 is 0 Å². The molecule has 11 nitrogen and oxygen atoms in total. The minimum atomic E-state index is 0.0290. The molecular formula is C49H88O11. The minimum absolute atomic E-state index is 0.0290. The molecular weight excluding hydrogens is 765 g/mol. The van der Waals surface area contributed by atoms with Crippen molar-refractivity contribution in [3.8, 4) is 0 Å². The molecule has 1 unspecified atom stereocenters. The second-order valence-electron chi connectivity index (χ2n) is 18.5. The third kappa shape index (κ3) is 16.9. The Balaban J connectivity index is 0.931. The van der Waals surface area contributed by atoms with Crippen molar-refractivity contribution in [1.29, 1.82) is 0 Å². The molecule has 0 aromatic carbocycles. The lowest BCUT2D eigenvalue weighted by Gasteiger charge is -2.58. The van der Waals surface area contributed by atoms with Gasteiger partial charge in [-0.05, 0) is 110 Å². The van der Waals surface area contributed by atoms with Gasteiger partial charge in [-0.1, -0.05) is 65.3 Å². The van der Waals surface area contributed by atoms with Crippen LogP contribution in [0.2, 0.25) is 0 Å². The van der Waals surface area contributed by atoms with Crippen LogP contribution in [0, 0.1) is 52.3 Å². The number of aliphatic hydroxyl groups is 1. The van der Waals surface area contributed by atoms with Crippen LogP contribution in [0.25, 0.3) is 0 Å². The first-order chi connectivity index (χ1) is 29.2. The van der Waals surface area contributed by atoms with Gasteiger partial charge in [0.05, 0.1) is 138 Å². The van der Waals surface area contributed by atoms with Gasteiger partial charge >= 0.3 is 0 Å². The van der Waals surface area contributed by atoms with Crippen molar-refractivity contribution in [3.05, 3.63) is 23.8 Å². The van der Waals surface area contributed by atoms with Crippen molar-refractivity contribution in [1.82, 2.24) is 0 Å². The molecule has 0 spiro atoms. The molecule has 60 heavy (non-hydrogen) atoms. The quantitative estimate of drug-likeness (QED) is 0.0495. The summed E-state index contributed by atoms with van der Waals surface area (Å²) in [6, 6.07) is 0.